The molecule has 1 N–H and O–H groups in total. The van der Waals surface area contributed by atoms with Gasteiger partial charge in [-0.3, -0.25) is 9.48 Å². The fourth-order valence-electron chi connectivity index (χ4n) is 1.96. The number of carboxylic acid groups (broad SMARTS) is 1. The van der Waals surface area contributed by atoms with Crippen molar-refractivity contribution in [2.24, 2.45) is 7.05 Å². The summed E-state index contributed by atoms with van der Waals surface area (Å²) in [5, 5.41) is 13.2. The first kappa shape index (κ1) is 14.6. The number of hydrogen-bond acceptors (Lipinski definition) is 3. The van der Waals surface area contributed by atoms with Crippen molar-refractivity contribution in [1.82, 2.24) is 9.78 Å². The van der Waals surface area contributed by atoms with E-state index in [-0.39, 0.29) is 6.42 Å². The number of carbonyl (C=O) groups is 1. The number of nitrogens with zero attached hydrogens (tertiary/aromatic N) is 2. The fourth-order valence-corrected chi connectivity index (χ4v) is 2.73. The number of carboxylic acids is 1. The number of rotatable bonds is 5. The zero-order valence-electron chi connectivity index (χ0n) is 11.3. The Morgan fingerprint density at radius 2 is 2.05 bits per heavy atom. The second kappa shape index (κ2) is 6.09. The van der Waals surface area contributed by atoms with Gasteiger partial charge in [0.2, 0.25) is 0 Å². The van der Waals surface area contributed by atoms with Crippen molar-refractivity contribution < 1.29 is 14.6 Å². The molecule has 2 rings (SSSR count). The number of aryl methyl sites for hydroxylation is 1. The van der Waals surface area contributed by atoms with Crippen LogP contribution in [-0.4, -0.2) is 28.0 Å². The lowest BCUT2D eigenvalue weighted by atomic mass is 10.1. The quantitative estimate of drug-likeness (QED) is 0.910. The molecule has 0 saturated carbocycles. The maximum Gasteiger partial charge on any atom is 0.303 e. The molecule has 0 radical (unpaired) electrons. The highest BCUT2D eigenvalue weighted by atomic mass is 79.9. The second-order valence-electron chi connectivity index (χ2n) is 4.36. The second-order valence-corrected chi connectivity index (χ2v) is 5.15. The average Bonchev–Trinajstić information content (AvgIpc) is 2.72. The van der Waals surface area contributed by atoms with Gasteiger partial charge in [-0.2, -0.15) is 5.10 Å². The molecule has 0 amide bonds. The van der Waals surface area contributed by atoms with Crippen LogP contribution in [0.15, 0.2) is 28.7 Å². The van der Waals surface area contributed by atoms with Crippen LogP contribution in [0.1, 0.15) is 12.1 Å². The van der Waals surface area contributed by atoms with Gasteiger partial charge in [0.15, 0.2) is 0 Å². The molecule has 0 unspecified atom stereocenters. The summed E-state index contributed by atoms with van der Waals surface area (Å²) in [7, 11) is 3.44. The Morgan fingerprint density at radius 1 is 1.40 bits per heavy atom. The summed E-state index contributed by atoms with van der Waals surface area (Å²) in [6.45, 7) is 0. The van der Waals surface area contributed by atoms with Gasteiger partial charge in [0, 0.05) is 19.0 Å². The van der Waals surface area contributed by atoms with Gasteiger partial charge in [0.05, 0.1) is 23.7 Å². The van der Waals surface area contributed by atoms with Gasteiger partial charge in [-0.25, -0.2) is 0 Å². The summed E-state index contributed by atoms with van der Waals surface area (Å²) >= 11 is 3.52. The Morgan fingerprint density at radius 3 is 2.60 bits per heavy atom. The minimum atomic E-state index is -0.816. The first-order valence-corrected chi connectivity index (χ1v) is 6.89. The molecule has 5 nitrogen and oxygen atoms in total. The van der Waals surface area contributed by atoms with Gasteiger partial charge in [-0.05, 0) is 40.2 Å². The first-order chi connectivity index (χ1) is 9.52. The smallest absolute Gasteiger partial charge is 0.303 e. The van der Waals surface area contributed by atoms with Crippen LogP contribution in [-0.2, 0) is 18.3 Å². The predicted octanol–water partition coefficient (Wildman–Crippen LogP) is 2.88. The van der Waals surface area contributed by atoms with Crippen LogP contribution in [0.4, 0.5) is 0 Å². The van der Waals surface area contributed by atoms with E-state index in [1.54, 1.807) is 11.8 Å². The highest BCUT2D eigenvalue weighted by Crippen LogP contribution is 2.31. The molecule has 0 aliphatic rings. The summed E-state index contributed by atoms with van der Waals surface area (Å²) < 4.78 is 7.68. The Hall–Kier alpha value is -1.82. The van der Waals surface area contributed by atoms with Crippen molar-refractivity contribution in [2.45, 2.75) is 12.8 Å². The van der Waals surface area contributed by atoms with E-state index in [4.69, 9.17) is 9.84 Å². The van der Waals surface area contributed by atoms with Crippen LogP contribution in [0.5, 0.6) is 5.75 Å². The number of aliphatic carboxylic acids is 1. The van der Waals surface area contributed by atoms with E-state index < -0.39 is 5.97 Å². The molecule has 6 heteroatoms. The predicted molar refractivity (Wildman–Crippen MR) is 78.9 cm³/mol. The van der Waals surface area contributed by atoms with Gasteiger partial charge in [-0.15, -0.1) is 0 Å². The normalized spacial score (nSPS) is 10.6. The average molecular weight is 339 g/mol. The van der Waals surface area contributed by atoms with Crippen molar-refractivity contribution >= 4 is 21.9 Å². The molecule has 1 aromatic carbocycles. The summed E-state index contributed by atoms with van der Waals surface area (Å²) in [6, 6.07) is 7.58. The molecule has 0 spiro atoms. The van der Waals surface area contributed by atoms with Crippen molar-refractivity contribution in [3.8, 4) is 17.0 Å². The van der Waals surface area contributed by atoms with Crippen LogP contribution < -0.4 is 4.74 Å². The van der Waals surface area contributed by atoms with E-state index in [1.165, 1.54) is 0 Å². The zero-order valence-corrected chi connectivity index (χ0v) is 12.8. The van der Waals surface area contributed by atoms with Crippen LogP contribution in [0, 0.1) is 0 Å². The Bertz CT molecular complexity index is 620. The number of ether oxygens (including phenoxy) is 1. The Labute approximate surface area is 125 Å². The third-order valence-electron chi connectivity index (χ3n) is 3.04. The summed E-state index contributed by atoms with van der Waals surface area (Å²) in [5.74, 6) is -0.0315. The Kier molecular flexibility index (Phi) is 4.44. The molecule has 1 aromatic heterocycles. The van der Waals surface area contributed by atoms with E-state index >= 15 is 0 Å². The van der Waals surface area contributed by atoms with Crippen LogP contribution >= 0.6 is 15.9 Å². The molecular weight excluding hydrogens is 324 g/mol. The molecule has 20 heavy (non-hydrogen) atoms. The van der Waals surface area contributed by atoms with Gasteiger partial charge >= 0.3 is 5.97 Å². The maximum absolute atomic E-state index is 10.7. The fraction of sp³-hybridized carbons (Fsp3) is 0.286. The lowest BCUT2D eigenvalue weighted by molar-refractivity contribution is -0.136. The van der Waals surface area contributed by atoms with E-state index in [0.717, 1.165) is 27.2 Å². The van der Waals surface area contributed by atoms with Gasteiger partial charge in [-0.1, -0.05) is 0 Å². The molecule has 2 aromatic rings. The molecular formula is C14H15BrN2O3. The minimum absolute atomic E-state index is 0.0835. The molecule has 106 valence electrons. The lowest BCUT2D eigenvalue weighted by Crippen LogP contribution is -2.03. The third kappa shape index (κ3) is 3.01. The van der Waals surface area contributed by atoms with Crippen molar-refractivity contribution in [3.63, 3.8) is 0 Å². The van der Waals surface area contributed by atoms with Crippen LogP contribution in [0.3, 0.4) is 0 Å². The van der Waals surface area contributed by atoms with Crippen molar-refractivity contribution in [3.05, 3.63) is 34.4 Å². The minimum Gasteiger partial charge on any atom is -0.497 e. The van der Waals surface area contributed by atoms with Crippen LogP contribution in [0.25, 0.3) is 11.3 Å². The van der Waals surface area contributed by atoms with E-state index in [0.29, 0.717) is 6.42 Å². The monoisotopic (exact) mass is 338 g/mol. The highest BCUT2D eigenvalue weighted by Gasteiger charge is 2.16. The highest BCUT2D eigenvalue weighted by molar-refractivity contribution is 9.10. The molecule has 0 aliphatic heterocycles. The van der Waals surface area contributed by atoms with E-state index in [1.807, 2.05) is 31.3 Å². The van der Waals surface area contributed by atoms with Gasteiger partial charge in [0.1, 0.15) is 11.4 Å². The van der Waals surface area contributed by atoms with Crippen LogP contribution in [0.2, 0.25) is 0 Å². The number of aromatic nitrogens is 2. The first-order valence-electron chi connectivity index (χ1n) is 6.10. The molecule has 0 aliphatic carbocycles. The third-order valence-corrected chi connectivity index (χ3v) is 3.87. The summed E-state index contributed by atoms with van der Waals surface area (Å²) in [5.41, 5.74) is 2.63. The maximum atomic E-state index is 10.7. The zero-order chi connectivity index (χ0) is 14.7. The number of benzene rings is 1. The van der Waals surface area contributed by atoms with Gasteiger partial charge < -0.3 is 9.84 Å². The topological polar surface area (TPSA) is 64.4 Å². The molecule has 0 fully saturated rings. The lowest BCUT2D eigenvalue weighted by Gasteiger charge is -2.01. The molecule has 1 heterocycles. The number of halogens is 1. The number of methoxy groups -OCH3 is 1. The number of hydrogen-bond donors (Lipinski definition) is 1. The van der Waals surface area contributed by atoms with E-state index in [2.05, 4.69) is 21.0 Å². The molecule has 0 bridgehead atoms. The standard InChI is InChI=1S/C14H15BrN2O3/c1-17-11(7-8-12(18)19)13(15)14(16-17)9-3-5-10(20-2)6-4-9/h3-6H,7-8H2,1-2H3,(H,18,19). The van der Waals surface area contributed by atoms with Gasteiger partial charge in [0.25, 0.3) is 0 Å². The molecule has 0 saturated heterocycles. The molecule has 0 atom stereocenters. The van der Waals surface area contributed by atoms with Crippen molar-refractivity contribution in [1.29, 1.82) is 0 Å². The Balaban J connectivity index is 2.32. The summed E-state index contributed by atoms with van der Waals surface area (Å²) in [6.07, 6.45) is 0.524. The SMILES string of the molecule is COc1ccc(-c2nn(C)c(CCC(=O)O)c2Br)cc1. The largest absolute Gasteiger partial charge is 0.497 e. The summed E-state index contributed by atoms with van der Waals surface area (Å²) in [4.78, 5) is 10.7. The van der Waals surface area contributed by atoms with Crippen molar-refractivity contribution in [2.75, 3.05) is 7.11 Å². The van der Waals surface area contributed by atoms with E-state index in [9.17, 15) is 4.79 Å².